The van der Waals surface area contributed by atoms with Crippen molar-refractivity contribution in [3.63, 3.8) is 0 Å². The minimum atomic E-state index is 0.668. The van der Waals surface area contributed by atoms with Crippen LogP contribution in [0.4, 0.5) is 17.4 Å². The molecule has 1 aliphatic rings. The molecular formula is C17H17ClN4O. The first-order chi connectivity index (χ1) is 11.2. The Morgan fingerprint density at radius 3 is 2.39 bits per heavy atom. The lowest BCUT2D eigenvalue weighted by atomic mass is 10.2. The van der Waals surface area contributed by atoms with Crippen LogP contribution in [0.15, 0.2) is 46.9 Å². The van der Waals surface area contributed by atoms with E-state index in [0.717, 1.165) is 42.3 Å². The van der Waals surface area contributed by atoms with Gasteiger partial charge in [0.25, 0.3) is 6.01 Å². The SMILES string of the molecule is Nc1ccc2oc(N3CCN(c4ccc(Cl)cc4)CC3)nc2c1. The minimum Gasteiger partial charge on any atom is -0.423 e. The average Bonchev–Trinajstić information content (AvgIpc) is 2.99. The van der Waals surface area contributed by atoms with Crippen LogP contribution < -0.4 is 15.5 Å². The predicted molar refractivity (Wildman–Crippen MR) is 94.3 cm³/mol. The minimum absolute atomic E-state index is 0.668. The molecular weight excluding hydrogens is 312 g/mol. The monoisotopic (exact) mass is 328 g/mol. The van der Waals surface area contributed by atoms with Crippen LogP contribution in [-0.4, -0.2) is 31.2 Å². The number of anilines is 3. The van der Waals surface area contributed by atoms with E-state index in [1.54, 1.807) is 0 Å². The first-order valence-electron chi connectivity index (χ1n) is 7.60. The van der Waals surface area contributed by atoms with Crippen molar-refractivity contribution < 1.29 is 4.42 Å². The summed E-state index contributed by atoms with van der Waals surface area (Å²) in [4.78, 5) is 9.06. The van der Waals surface area contributed by atoms with Gasteiger partial charge in [-0.25, -0.2) is 0 Å². The number of nitrogens with zero attached hydrogens (tertiary/aromatic N) is 3. The maximum absolute atomic E-state index is 5.95. The molecule has 4 rings (SSSR count). The number of benzene rings is 2. The molecule has 0 atom stereocenters. The molecule has 118 valence electrons. The first-order valence-corrected chi connectivity index (χ1v) is 7.98. The number of aromatic nitrogens is 1. The van der Waals surface area contributed by atoms with E-state index >= 15 is 0 Å². The Labute approximate surface area is 139 Å². The van der Waals surface area contributed by atoms with Gasteiger partial charge in [0.15, 0.2) is 5.58 Å². The molecule has 0 unspecified atom stereocenters. The molecule has 0 amide bonds. The number of fused-ring (bicyclic) bond motifs is 1. The third kappa shape index (κ3) is 2.80. The van der Waals surface area contributed by atoms with Gasteiger partial charge in [-0.2, -0.15) is 4.98 Å². The van der Waals surface area contributed by atoms with E-state index in [0.29, 0.717) is 11.7 Å². The molecule has 5 nitrogen and oxygen atoms in total. The van der Waals surface area contributed by atoms with E-state index in [1.807, 2.05) is 30.3 Å². The molecule has 0 bridgehead atoms. The van der Waals surface area contributed by atoms with Gasteiger partial charge in [0.2, 0.25) is 0 Å². The zero-order valence-electron chi connectivity index (χ0n) is 12.6. The van der Waals surface area contributed by atoms with E-state index in [9.17, 15) is 0 Å². The average molecular weight is 329 g/mol. The van der Waals surface area contributed by atoms with Crippen molar-refractivity contribution in [2.75, 3.05) is 41.7 Å². The summed E-state index contributed by atoms with van der Waals surface area (Å²) >= 11 is 5.95. The largest absolute Gasteiger partial charge is 0.423 e. The van der Waals surface area contributed by atoms with E-state index in [-0.39, 0.29) is 0 Å². The fraction of sp³-hybridized carbons (Fsp3) is 0.235. The fourth-order valence-corrected chi connectivity index (χ4v) is 3.00. The van der Waals surface area contributed by atoms with Gasteiger partial charge in [-0.15, -0.1) is 0 Å². The smallest absolute Gasteiger partial charge is 0.298 e. The van der Waals surface area contributed by atoms with Crippen LogP contribution in [0.25, 0.3) is 11.1 Å². The van der Waals surface area contributed by atoms with E-state index in [1.165, 1.54) is 5.69 Å². The highest BCUT2D eigenvalue weighted by atomic mass is 35.5. The summed E-state index contributed by atoms with van der Waals surface area (Å²) in [6, 6.07) is 14.2. The lowest BCUT2D eigenvalue weighted by Crippen LogP contribution is -2.46. The molecule has 0 spiro atoms. The van der Waals surface area contributed by atoms with Gasteiger partial charge in [-0.1, -0.05) is 11.6 Å². The van der Waals surface area contributed by atoms with Crippen LogP contribution in [0.3, 0.4) is 0 Å². The molecule has 0 saturated carbocycles. The summed E-state index contributed by atoms with van der Waals surface area (Å²) in [6.07, 6.45) is 0. The number of hydrogen-bond acceptors (Lipinski definition) is 5. The van der Waals surface area contributed by atoms with E-state index in [2.05, 4.69) is 26.9 Å². The second-order valence-corrected chi connectivity index (χ2v) is 6.11. The predicted octanol–water partition coefficient (Wildman–Crippen LogP) is 3.39. The normalized spacial score (nSPS) is 15.3. The fourth-order valence-electron chi connectivity index (χ4n) is 2.88. The van der Waals surface area contributed by atoms with Gasteiger partial charge < -0.3 is 20.0 Å². The van der Waals surface area contributed by atoms with Crippen molar-refractivity contribution in [3.8, 4) is 0 Å². The Hall–Kier alpha value is -2.40. The number of oxazole rings is 1. The van der Waals surface area contributed by atoms with Crippen molar-refractivity contribution in [1.82, 2.24) is 4.98 Å². The molecule has 23 heavy (non-hydrogen) atoms. The third-order valence-electron chi connectivity index (χ3n) is 4.14. The van der Waals surface area contributed by atoms with Crippen LogP contribution in [0.5, 0.6) is 0 Å². The zero-order valence-corrected chi connectivity index (χ0v) is 13.3. The Bertz CT molecular complexity index is 822. The molecule has 2 aromatic carbocycles. The maximum Gasteiger partial charge on any atom is 0.298 e. The number of piperazine rings is 1. The van der Waals surface area contributed by atoms with Crippen molar-refractivity contribution in [1.29, 1.82) is 0 Å². The highest BCUT2D eigenvalue weighted by Gasteiger charge is 2.21. The number of nitrogens with two attached hydrogens (primary N) is 1. The molecule has 1 aromatic heterocycles. The van der Waals surface area contributed by atoms with E-state index < -0.39 is 0 Å². The van der Waals surface area contributed by atoms with Crippen molar-refractivity contribution in [2.24, 2.45) is 0 Å². The summed E-state index contributed by atoms with van der Waals surface area (Å²) in [5, 5.41) is 0.762. The molecule has 0 aliphatic carbocycles. The lowest BCUT2D eigenvalue weighted by molar-refractivity contribution is 0.542. The summed E-state index contributed by atoms with van der Waals surface area (Å²) in [5.41, 5.74) is 9.26. The highest BCUT2D eigenvalue weighted by molar-refractivity contribution is 6.30. The number of rotatable bonds is 2. The summed E-state index contributed by atoms with van der Waals surface area (Å²) < 4.78 is 5.84. The second-order valence-electron chi connectivity index (χ2n) is 5.67. The summed E-state index contributed by atoms with van der Waals surface area (Å²) in [7, 11) is 0. The van der Waals surface area contributed by atoms with Gasteiger partial charge in [0, 0.05) is 42.6 Å². The maximum atomic E-state index is 5.95. The van der Waals surface area contributed by atoms with Crippen molar-refractivity contribution in [3.05, 3.63) is 47.5 Å². The first kappa shape index (κ1) is 14.2. The molecule has 6 heteroatoms. The molecule has 0 radical (unpaired) electrons. The molecule has 3 aromatic rings. The molecule has 2 heterocycles. The Morgan fingerprint density at radius 2 is 1.65 bits per heavy atom. The van der Waals surface area contributed by atoms with E-state index in [4.69, 9.17) is 21.8 Å². The van der Waals surface area contributed by atoms with Gasteiger partial charge in [-0.05, 0) is 42.5 Å². The van der Waals surface area contributed by atoms with Gasteiger partial charge in [0.1, 0.15) is 5.52 Å². The summed E-state index contributed by atoms with van der Waals surface area (Å²) in [5.74, 6) is 0. The number of halogens is 1. The molecule has 1 saturated heterocycles. The van der Waals surface area contributed by atoms with Crippen LogP contribution >= 0.6 is 11.6 Å². The van der Waals surface area contributed by atoms with Crippen LogP contribution in [0, 0.1) is 0 Å². The summed E-state index contributed by atoms with van der Waals surface area (Å²) in [6.45, 7) is 3.57. The van der Waals surface area contributed by atoms with Gasteiger partial charge >= 0.3 is 0 Å². The Balaban J connectivity index is 1.48. The molecule has 2 N–H and O–H groups in total. The topological polar surface area (TPSA) is 58.5 Å². The molecule has 1 fully saturated rings. The van der Waals surface area contributed by atoms with Crippen LogP contribution in [0.1, 0.15) is 0 Å². The van der Waals surface area contributed by atoms with Crippen LogP contribution in [0.2, 0.25) is 5.02 Å². The standard InChI is InChI=1S/C17H17ClN4O/c18-12-1-4-14(5-2-12)21-7-9-22(10-8-21)17-20-15-11-13(19)3-6-16(15)23-17/h1-6,11H,7-10,19H2. The van der Waals surface area contributed by atoms with Crippen LogP contribution in [-0.2, 0) is 0 Å². The highest BCUT2D eigenvalue weighted by Crippen LogP contribution is 2.26. The number of nitrogen functional groups attached to an aromatic ring is 1. The lowest BCUT2D eigenvalue weighted by Gasteiger charge is -2.35. The zero-order chi connectivity index (χ0) is 15.8. The second kappa shape index (κ2) is 5.66. The molecule has 1 aliphatic heterocycles. The quantitative estimate of drug-likeness (QED) is 0.731. The number of hydrogen-bond donors (Lipinski definition) is 1. The van der Waals surface area contributed by atoms with Crippen molar-refractivity contribution in [2.45, 2.75) is 0 Å². The Morgan fingerprint density at radius 1 is 0.957 bits per heavy atom. The third-order valence-corrected chi connectivity index (χ3v) is 4.39. The van der Waals surface area contributed by atoms with Gasteiger partial charge in [0.05, 0.1) is 0 Å². The van der Waals surface area contributed by atoms with Crippen molar-refractivity contribution >= 4 is 40.1 Å². The van der Waals surface area contributed by atoms with Gasteiger partial charge in [-0.3, -0.25) is 0 Å². The Kier molecular flexibility index (Phi) is 3.50.